The van der Waals surface area contributed by atoms with Crippen LogP contribution in [0.2, 0.25) is 0 Å². The summed E-state index contributed by atoms with van der Waals surface area (Å²) >= 11 is 0. The Hall–Kier alpha value is -4.12. The quantitative estimate of drug-likeness (QED) is 0.0330. The third kappa shape index (κ3) is 11.0. The Balaban J connectivity index is 0.000000331. The van der Waals surface area contributed by atoms with Gasteiger partial charge >= 0.3 is 0 Å². The number of hydrogen-bond acceptors (Lipinski definition) is 1. The fourth-order valence-electron chi connectivity index (χ4n) is 6.16. The molecule has 56 heavy (non-hydrogen) atoms. The van der Waals surface area contributed by atoms with Crippen LogP contribution in [-0.4, -0.2) is 16.7 Å². The zero-order valence-corrected chi connectivity index (χ0v) is 30.2. The Kier molecular flexibility index (Phi) is 18.2. The third-order valence-electron chi connectivity index (χ3n) is 9.17. The topological polar surface area (TPSA) is 28.7 Å². The number of imidazole rings is 1. The molecule has 0 saturated heterocycles. The van der Waals surface area contributed by atoms with Gasteiger partial charge in [-0.05, 0) is 6.42 Å². The van der Waals surface area contributed by atoms with Gasteiger partial charge in [-0.1, -0.05) is 96.8 Å². The summed E-state index contributed by atoms with van der Waals surface area (Å²) in [4.78, 5) is 7.44. The number of nitrogens with one attached hydrogen (secondary N) is 1. The summed E-state index contributed by atoms with van der Waals surface area (Å²) in [6.45, 7) is -1.67. The van der Waals surface area contributed by atoms with Crippen molar-refractivity contribution >= 4 is 23.1 Å². The van der Waals surface area contributed by atoms with E-state index in [9.17, 15) is 65.9 Å². The van der Waals surface area contributed by atoms with E-state index in [4.69, 9.17) is 0 Å². The van der Waals surface area contributed by atoms with Gasteiger partial charge in [-0.25, -0.2) is 70.8 Å². The van der Waals surface area contributed by atoms with Crippen LogP contribution >= 0.6 is 0 Å². The van der Waals surface area contributed by atoms with Gasteiger partial charge < -0.3 is 4.98 Å². The molecule has 0 aliphatic rings. The summed E-state index contributed by atoms with van der Waals surface area (Å²) in [6.07, 6.45) is 26.3. The molecule has 0 atom stereocenters. The fraction of sp³-hybridized carbons (Fsp3) is 0.447. The Morgan fingerprint density at radius 2 is 0.625 bits per heavy atom. The zero-order chi connectivity index (χ0) is 41.7. The number of aromatic nitrogens is 2. The zero-order valence-electron chi connectivity index (χ0n) is 30.2. The summed E-state index contributed by atoms with van der Waals surface area (Å²) in [5, 5.41) is 0. The summed E-state index contributed by atoms with van der Waals surface area (Å²) in [7, 11) is 0. The number of H-pyrrole nitrogens is 1. The maximum Gasteiger partial charge on any atom is 0.265 e. The lowest BCUT2D eigenvalue weighted by Gasteiger charge is -2.21. The van der Waals surface area contributed by atoms with Crippen LogP contribution in [0.3, 0.4) is 0 Å². The molecular weight excluding hydrogens is 780 g/mol. The van der Waals surface area contributed by atoms with Gasteiger partial charge in [-0.2, -0.15) is 0 Å². The van der Waals surface area contributed by atoms with Gasteiger partial charge in [-0.15, -0.1) is 0 Å². The Morgan fingerprint density at radius 3 is 0.875 bits per heavy atom. The molecule has 0 saturated carbocycles. The molecule has 0 bridgehead atoms. The van der Waals surface area contributed by atoms with E-state index in [1.165, 1.54) is 96.3 Å². The molecule has 0 amide bonds. The number of rotatable bonds is 19. The van der Waals surface area contributed by atoms with Crippen molar-refractivity contribution < 1.29 is 65.9 Å². The molecule has 0 fully saturated rings. The molecule has 0 aliphatic carbocycles. The maximum absolute atomic E-state index is 14.4. The van der Waals surface area contributed by atoms with E-state index in [2.05, 4.69) is 16.9 Å². The van der Waals surface area contributed by atoms with Crippen LogP contribution in [0.15, 0.2) is 12.4 Å². The van der Waals surface area contributed by atoms with Crippen molar-refractivity contribution in [2.45, 2.75) is 110 Å². The van der Waals surface area contributed by atoms with E-state index in [0.29, 0.717) is 0 Å². The van der Waals surface area contributed by atoms with E-state index in [-0.39, 0.29) is 0 Å². The van der Waals surface area contributed by atoms with Gasteiger partial charge in [0.25, 0.3) is 6.71 Å². The smallest absolute Gasteiger partial charge is 0.265 e. The van der Waals surface area contributed by atoms with E-state index in [1.54, 1.807) is 0 Å². The van der Waals surface area contributed by atoms with Crippen LogP contribution in [0.5, 0.6) is 0 Å². The first-order valence-electron chi connectivity index (χ1n) is 18.1. The van der Waals surface area contributed by atoms with Gasteiger partial charge in [0.05, 0.1) is 0 Å². The minimum absolute atomic E-state index is 1.12. The second kappa shape index (κ2) is 22.0. The van der Waals surface area contributed by atoms with Gasteiger partial charge in [0.2, 0.25) is 0 Å². The largest absolute Gasteiger partial charge is 0.349 e. The number of unbranched alkanes of at least 4 members (excludes halogenated alkanes) is 14. The molecule has 2 nitrogen and oxygen atoms in total. The highest BCUT2D eigenvalue weighted by atomic mass is 19.2. The van der Waals surface area contributed by atoms with Crippen LogP contribution in [-0.2, 0) is 6.42 Å². The van der Waals surface area contributed by atoms with E-state index < -0.39 is 110 Å². The first-order chi connectivity index (χ1) is 26.6. The normalized spacial score (nSPS) is 11.3. The van der Waals surface area contributed by atoms with Crippen molar-refractivity contribution in [1.82, 2.24) is 9.97 Å². The highest BCUT2D eigenvalue weighted by Crippen LogP contribution is 2.24. The van der Waals surface area contributed by atoms with Crippen LogP contribution in [0.4, 0.5) is 65.9 Å². The number of hydrogen-bond donors (Lipinski definition) is 1. The van der Waals surface area contributed by atoms with Crippen LogP contribution < -0.4 is 16.4 Å². The molecule has 308 valence electrons. The highest BCUT2D eigenvalue weighted by Gasteiger charge is 2.45. The third-order valence-corrected chi connectivity index (χ3v) is 9.17. The molecule has 4 aromatic rings. The number of benzene rings is 3. The lowest BCUT2D eigenvalue weighted by molar-refractivity contribution is 0.380. The maximum atomic E-state index is 14.4. The predicted octanol–water partition coefficient (Wildman–Crippen LogP) is 11.1. The second-order valence-corrected chi connectivity index (χ2v) is 13.1. The molecule has 0 aliphatic heterocycles. The van der Waals surface area contributed by atoms with Crippen LogP contribution in [0.1, 0.15) is 109 Å². The predicted molar refractivity (Wildman–Crippen MR) is 181 cm³/mol. The lowest BCUT2D eigenvalue weighted by Crippen LogP contribution is -2.60. The van der Waals surface area contributed by atoms with Crippen molar-refractivity contribution in [1.29, 1.82) is 0 Å². The Labute approximate surface area is 314 Å². The Bertz CT molecular complexity index is 1650. The monoisotopic (exact) mass is 818 g/mol. The number of halogens is 15. The van der Waals surface area contributed by atoms with Gasteiger partial charge in [-0.3, -0.25) is 0 Å². The SMILES string of the molecule is CCCCCCCCCCCCCCCCCc1ncc[nH]1.Fc1c(F)c(F)c(B(c2c(F)c(F)c(F)c(F)c2F)c2c(F)c(F)c(F)c(F)c2F)c(F)c1F. The molecule has 0 spiro atoms. The molecule has 0 radical (unpaired) electrons. The van der Waals surface area contributed by atoms with Crippen molar-refractivity contribution in [3.8, 4) is 0 Å². The van der Waals surface area contributed by atoms with Crippen LogP contribution in [0.25, 0.3) is 0 Å². The van der Waals surface area contributed by atoms with Crippen molar-refractivity contribution in [3.05, 3.63) is 105 Å². The van der Waals surface area contributed by atoms with Gasteiger partial charge in [0.1, 0.15) is 5.82 Å². The molecule has 1 heterocycles. The molecule has 0 unspecified atom stereocenters. The summed E-state index contributed by atoms with van der Waals surface area (Å²) < 4.78 is 209. The van der Waals surface area contributed by atoms with Gasteiger partial charge in [0.15, 0.2) is 87.3 Å². The molecule has 4 rings (SSSR count). The molecule has 18 heteroatoms. The lowest BCUT2D eigenvalue weighted by atomic mass is 9.36. The fourth-order valence-corrected chi connectivity index (χ4v) is 6.16. The number of aromatic amines is 1. The van der Waals surface area contributed by atoms with E-state index in [1.807, 2.05) is 12.4 Å². The first-order valence-corrected chi connectivity index (χ1v) is 18.1. The molecular formula is C38H38BF15N2. The van der Waals surface area contributed by atoms with Crippen molar-refractivity contribution in [2.24, 2.45) is 0 Å². The minimum atomic E-state index is -3.96. The van der Waals surface area contributed by atoms with Crippen molar-refractivity contribution in [2.75, 3.05) is 0 Å². The average Bonchev–Trinajstić information content (AvgIpc) is 3.71. The summed E-state index contributed by atoms with van der Waals surface area (Å²) in [5.74, 6) is -44.1. The number of nitrogens with zero attached hydrogens (tertiary/aromatic N) is 1. The van der Waals surface area contributed by atoms with E-state index >= 15 is 0 Å². The summed E-state index contributed by atoms with van der Waals surface area (Å²) in [5.41, 5.74) is -8.03. The average molecular weight is 819 g/mol. The van der Waals surface area contributed by atoms with E-state index in [0.717, 1.165) is 12.2 Å². The van der Waals surface area contributed by atoms with Crippen molar-refractivity contribution in [3.63, 3.8) is 0 Å². The standard InChI is InChI=1S/C20H38N2.C18BF15/c1-2-3-4-5-6-7-8-9-10-11-12-13-14-15-16-17-20-21-18-19-22-20;20-4-1(5(21)11(27)16(32)10(4)26)19(2-6(22)12(28)17(33)13(29)7(2)23)3-8(24)14(30)18(34)15(31)9(3)25/h18-19H,2-17H2,1H3,(H,21,22);. The number of aryl methyl sites for hydroxylation is 1. The van der Waals surface area contributed by atoms with Gasteiger partial charge in [0, 0.05) is 35.2 Å². The molecule has 1 aromatic heterocycles. The van der Waals surface area contributed by atoms with Crippen LogP contribution in [0, 0.1) is 87.3 Å². The second-order valence-electron chi connectivity index (χ2n) is 13.1. The minimum Gasteiger partial charge on any atom is -0.349 e. The molecule has 1 N–H and O–H groups in total. The highest BCUT2D eigenvalue weighted by molar-refractivity contribution is 6.95. The summed E-state index contributed by atoms with van der Waals surface area (Å²) in [6, 6.07) is 0. The first kappa shape index (κ1) is 46.3. The Morgan fingerprint density at radius 1 is 0.375 bits per heavy atom. The molecule has 3 aromatic carbocycles.